The van der Waals surface area contributed by atoms with Crippen LogP contribution in [0.4, 0.5) is 4.79 Å². The van der Waals surface area contributed by atoms with Crippen LogP contribution in [0.15, 0.2) is 53.7 Å². The van der Waals surface area contributed by atoms with Crippen molar-refractivity contribution in [2.75, 3.05) is 13.2 Å². The summed E-state index contributed by atoms with van der Waals surface area (Å²) in [6.45, 7) is 6.25. The van der Waals surface area contributed by atoms with Crippen LogP contribution in [0.25, 0.3) is 0 Å². The third-order valence-corrected chi connectivity index (χ3v) is 4.88. The second kappa shape index (κ2) is 10.2. The highest BCUT2D eigenvalue weighted by Crippen LogP contribution is 2.35. The maximum absolute atomic E-state index is 12.5. The molecule has 8 heteroatoms. The van der Waals surface area contributed by atoms with E-state index in [0.717, 1.165) is 5.56 Å². The minimum atomic E-state index is -0.672. The number of urea groups is 1. The number of nitrogens with one attached hydrogen (secondary N) is 2. The summed E-state index contributed by atoms with van der Waals surface area (Å²) in [6.07, 6.45) is 0. The first-order chi connectivity index (χ1) is 14.9. The predicted molar refractivity (Wildman–Crippen MR) is 117 cm³/mol. The molecule has 0 aliphatic carbocycles. The van der Waals surface area contributed by atoms with Gasteiger partial charge in [0.05, 0.1) is 24.8 Å². The number of hydrogen-bond donors (Lipinski definition) is 2. The van der Waals surface area contributed by atoms with Crippen molar-refractivity contribution in [1.82, 2.24) is 10.6 Å². The standard InChI is InChI=1S/C23H25ClN2O5/c1-4-29-19-12-16(9-10-18(19)31-13-15-7-6-8-17(24)11-15)21-20(22(27)30-5-2)14(3)25-23(28)26-21/h6-12,21H,4-5,13H2,1-3H3,(H2,25,26,28). The Hall–Kier alpha value is -3.19. The van der Waals surface area contributed by atoms with Gasteiger partial charge in [-0.25, -0.2) is 9.59 Å². The van der Waals surface area contributed by atoms with Gasteiger partial charge < -0.3 is 24.8 Å². The second-order valence-corrected chi connectivity index (χ2v) is 7.28. The number of ether oxygens (including phenoxy) is 3. The molecule has 1 atom stereocenters. The Morgan fingerprint density at radius 2 is 1.87 bits per heavy atom. The summed E-state index contributed by atoms with van der Waals surface area (Å²) in [5, 5.41) is 6.05. The average molecular weight is 445 g/mol. The maximum atomic E-state index is 12.5. The van der Waals surface area contributed by atoms with Gasteiger partial charge in [0.1, 0.15) is 6.61 Å². The van der Waals surface area contributed by atoms with Crippen molar-refractivity contribution < 1.29 is 23.8 Å². The second-order valence-electron chi connectivity index (χ2n) is 6.85. The molecule has 0 saturated heterocycles. The first-order valence-corrected chi connectivity index (χ1v) is 10.4. The highest BCUT2D eigenvalue weighted by Gasteiger charge is 2.32. The van der Waals surface area contributed by atoms with Crippen molar-refractivity contribution in [1.29, 1.82) is 0 Å². The minimum Gasteiger partial charge on any atom is -0.490 e. The Morgan fingerprint density at radius 1 is 1.06 bits per heavy atom. The smallest absolute Gasteiger partial charge is 0.338 e. The normalized spacial score (nSPS) is 15.7. The van der Waals surface area contributed by atoms with Gasteiger partial charge in [-0.05, 0) is 56.2 Å². The van der Waals surface area contributed by atoms with Crippen LogP contribution in [0.5, 0.6) is 11.5 Å². The van der Waals surface area contributed by atoms with Crippen LogP contribution < -0.4 is 20.1 Å². The van der Waals surface area contributed by atoms with Crippen molar-refractivity contribution in [3.8, 4) is 11.5 Å². The van der Waals surface area contributed by atoms with Gasteiger partial charge in [0.2, 0.25) is 0 Å². The molecule has 1 aliphatic rings. The molecule has 0 bridgehead atoms. The quantitative estimate of drug-likeness (QED) is 0.585. The van der Waals surface area contributed by atoms with Crippen LogP contribution >= 0.6 is 11.6 Å². The predicted octanol–water partition coefficient (Wildman–Crippen LogP) is 4.51. The molecular formula is C23H25ClN2O5. The molecular weight excluding hydrogens is 420 g/mol. The van der Waals surface area contributed by atoms with Crippen molar-refractivity contribution in [3.63, 3.8) is 0 Å². The third kappa shape index (κ3) is 5.49. The fraction of sp³-hybridized carbons (Fsp3) is 0.304. The summed E-state index contributed by atoms with van der Waals surface area (Å²) in [6, 6.07) is 11.7. The van der Waals surface area contributed by atoms with E-state index in [9.17, 15) is 9.59 Å². The molecule has 2 N–H and O–H groups in total. The number of esters is 1. The van der Waals surface area contributed by atoms with Crippen LogP contribution in [0.2, 0.25) is 5.02 Å². The lowest BCUT2D eigenvalue weighted by Gasteiger charge is -2.28. The number of amides is 2. The lowest BCUT2D eigenvalue weighted by atomic mass is 9.95. The Bertz CT molecular complexity index is 1010. The fourth-order valence-electron chi connectivity index (χ4n) is 3.30. The van der Waals surface area contributed by atoms with Gasteiger partial charge in [-0.15, -0.1) is 0 Å². The average Bonchev–Trinajstić information content (AvgIpc) is 2.72. The van der Waals surface area contributed by atoms with Crippen molar-refractivity contribution in [2.45, 2.75) is 33.4 Å². The van der Waals surface area contributed by atoms with Crippen molar-refractivity contribution in [3.05, 3.63) is 69.9 Å². The summed E-state index contributed by atoms with van der Waals surface area (Å²) in [7, 11) is 0. The topological polar surface area (TPSA) is 85.9 Å². The number of benzene rings is 2. The number of hydrogen-bond acceptors (Lipinski definition) is 5. The van der Waals surface area contributed by atoms with Gasteiger partial charge in [-0.1, -0.05) is 29.8 Å². The number of halogens is 1. The van der Waals surface area contributed by atoms with Gasteiger partial charge in [0.25, 0.3) is 0 Å². The lowest BCUT2D eigenvalue weighted by Crippen LogP contribution is -2.45. The van der Waals surface area contributed by atoms with Crippen molar-refractivity contribution in [2.24, 2.45) is 0 Å². The molecule has 2 aromatic rings. The zero-order valence-electron chi connectivity index (χ0n) is 17.7. The highest BCUT2D eigenvalue weighted by atomic mass is 35.5. The van der Waals surface area contributed by atoms with Gasteiger partial charge in [-0.2, -0.15) is 0 Å². The van der Waals surface area contributed by atoms with Crippen molar-refractivity contribution >= 4 is 23.6 Å². The molecule has 1 heterocycles. The first-order valence-electron chi connectivity index (χ1n) is 10.0. The molecule has 2 amide bonds. The number of carbonyl (C=O) groups is 2. The molecule has 0 radical (unpaired) electrons. The Morgan fingerprint density at radius 3 is 2.58 bits per heavy atom. The van der Waals surface area contributed by atoms with E-state index in [1.165, 1.54) is 0 Å². The van der Waals surface area contributed by atoms with Crippen LogP contribution in [0.1, 0.15) is 37.9 Å². The molecule has 3 rings (SSSR count). The summed E-state index contributed by atoms with van der Waals surface area (Å²) in [5.41, 5.74) is 2.39. The van der Waals surface area contributed by atoms with Gasteiger partial charge in [0, 0.05) is 10.7 Å². The third-order valence-electron chi connectivity index (χ3n) is 4.65. The molecule has 164 valence electrons. The Kier molecular flexibility index (Phi) is 7.41. The number of carbonyl (C=O) groups excluding carboxylic acids is 2. The van der Waals surface area contributed by atoms with E-state index in [4.69, 9.17) is 25.8 Å². The van der Waals surface area contributed by atoms with E-state index in [2.05, 4.69) is 10.6 Å². The summed E-state index contributed by atoms with van der Waals surface area (Å²) in [5.74, 6) is 0.566. The van der Waals surface area contributed by atoms with E-state index >= 15 is 0 Å². The maximum Gasteiger partial charge on any atom is 0.338 e. The monoisotopic (exact) mass is 444 g/mol. The molecule has 0 aromatic heterocycles. The Balaban J connectivity index is 1.90. The van der Waals surface area contributed by atoms with E-state index in [0.29, 0.717) is 46.6 Å². The SMILES string of the molecule is CCOC(=O)C1=C(C)NC(=O)NC1c1ccc(OCc2cccc(Cl)c2)c(OCC)c1. The summed E-state index contributed by atoms with van der Waals surface area (Å²) in [4.78, 5) is 24.6. The molecule has 1 aliphatic heterocycles. The minimum absolute atomic E-state index is 0.233. The van der Waals surface area contributed by atoms with Gasteiger partial charge >= 0.3 is 12.0 Å². The van der Waals surface area contributed by atoms with E-state index in [-0.39, 0.29) is 6.61 Å². The van der Waals surface area contributed by atoms with Crippen LogP contribution in [0.3, 0.4) is 0 Å². The summed E-state index contributed by atoms with van der Waals surface area (Å²) >= 11 is 6.04. The van der Waals surface area contributed by atoms with Gasteiger partial charge in [0.15, 0.2) is 11.5 Å². The van der Waals surface area contributed by atoms with Crippen LogP contribution in [-0.4, -0.2) is 25.2 Å². The Labute approximate surface area is 186 Å². The molecule has 0 saturated carbocycles. The molecule has 7 nitrogen and oxygen atoms in total. The molecule has 2 aromatic carbocycles. The summed E-state index contributed by atoms with van der Waals surface area (Å²) < 4.78 is 16.9. The van der Waals surface area contributed by atoms with E-state index in [1.807, 2.05) is 25.1 Å². The van der Waals surface area contributed by atoms with Gasteiger partial charge in [-0.3, -0.25) is 0 Å². The fourth-order valence-corrected chi connectivity index (χ4v) is 3.52. The molecule has 31 heavy (non-hydrogen) atoms. The number of allylic oxidation sites excluding steroid dienone is 1. The molecule has 0 spiro atoms. The first kappa shape index (κ1) is 22.5. The largest absolute Gasteiger partial charge is 0.490 e. The zero-order valence-corrected chi connectivity index (χ0v) is 18.4. The highest BCUT2D eigenvalue weighted by molar-refractivity contribution is 6.30. The lowest BCUT2D eigenvalue weighted by molar-refractivity contribution is -0.139. The molecule has 1 unspecified atom stereocenters. The number of rotatable bonds is 8. The van der Waals surface area contributed by atoms with Crippen LogP contribution in [-0.2, 0) is 16.1 Å². The zero-order chi connectivity index (χ0) is 22.4. The van der Waals surface area contributed by atoms with E-state index in [1.54, 1.807) is 38.1 Å². The molecule has 0 fully saturated rings. The van der Waals surface area contributed by atoms with Crippen LogP contribution in [0, 0.1) is 0 Å². The van der Waals surface area contributed by atoms with E-state index < -0.39 is 18.0 Å².